The molecule has 4 aromatic heterocycles. The van der Waals surface area contributed by atoms with Crippen molar-refractivity contribution >= 4 is 45.1 Å². The summed E-state index contributed by atoms with van der Waals surface area (Å²) in [6.45, 7) is 5.42. The van der Waals surface area contributed by atoms with Crippen molar-refractivity contribution in [3.63, 3.8) is 0 Å². The Balaban J connectivity index is 1.42. The van der Waals surface area contributed by atoms with Crippen LogP contribution in [0.1, 0.15) is 43.0 Å². The lowest BCUT2D eigenvalue weighted by atomic mass is 9.95. The second-order valence-electron chi connectivity index (χ2n) is 11.7. The minimum absolute atomic E-state index is 0.0292. The van der Waals surface area contributed by atoms with Gasteiger partial charge in [0.2, 0.25) is 0 Å². The number of anilines is 1. The predicted molar refractivity (Wildman–Crippen MR) is 170 cm³/mol. The maximum absolute atomic E-state index is 13.7. The van der Waals surface area contributed by atoms with Gasteiger partial charge in [0.1, 0.15) is 5.15 Å². The SMILES string of the molecule is Cc1cc(C(C)Nc2ccc(Cl)nc2-c2cnn(C)c2)c2c(c1)c(=O)n(C)c1nn(C3CCN(C(=O)N(C)C)CC3)cc21. The predicted octanol–water partition coefficient (Wildman–Crippen LogP) is 5.14. The Labute approximate surface area is 254 Å². The number of fused-ring (bicyclic) bond motifs is 3. The van der Waals surface area contributed by atoms with Gasteiger partial charge in [-0.3, -0.25) is 18.7 Å². The van der Waals surface area contributed by atoms with Crippen molar-refractivity contribution in [1.82, 2.24) is 38.9 Å². The molecule has 1 saturated heterocycles. The molecule has 0 spiro atoms. The number of nitrogens with one attached hydrogen (secondary N) is 1. The van der Waals surface area contributed by atoms with Gasteiger partial charge in [0.05, 0.1) is 23.6 Å². The molecule has 1 aliphatic heterocycles. The van der Waals surface area contributed by atoms with Crippen LogP contribution >= 0.6 is 11.6 Å². The number of benzene rings is 1. The summed E-state index contributed by atoms with van der Waals surface area (Å²) >= 11 is 6.29. The van der Waals surface area contributed by atoms with Gasteiger partial charge in [-0.15, -0.1) is 0 Å². The number of halogens is 1. The van der Waals surface area contributed by atoms with E-state index in [2.05, 4.69) is 34.6 Å². The first kappa shape index (κ1) is 28.7. The van der Waals surface area contributed by atoms with E-state index in [1.165, 1.54) is 0 Å². The average Bonchev–Trinajstić information content (AvgIpc) is 3.63. The molecule has 11 nitrogen and oxygen atoms in total. The van der Waals surface area contributed by atoms with E-state index in [0.29, 0.717) is 35.0 Å². The average molecular weight is 602 g/mol. The van der Waals surface area contributed by atoms with E-state index in [0.717, 1.165) is 46.0 Å². The molecule has 1 N–H and O–H groups in total. The van der Waals surface area contributed by atoms with Crippen LogP contribution in [0.3, 0.4) is 0 Å². The van der Waals surface area contributed by atoms with Gasteiger partial charge in [-0.05, 0) is 56.0 Å². The maximum Gasteiger partial charge on any atom is 0.319 e. The monoisotopic (exact) mass is 601 g/mol. The van der Waals surface area contributed by atoms with Gasteiger partial charge in [-0.25, -0.2) is 9.78 Å². The smallest absolute Gasteiger partial charge is 0.319 e. The number of carbonyl (C=O) groups excluding carboxylic acids is 1. The molecule has 2 amide bonds. The molecule has 1 aliphatic rings. The molecule has 5 aromatic rings. The topological polar surface area (TPSA) is 106 Å². The second-order valence-corrected chi connectivity index (χ2v) is 12.1. The van der Waals surface area contributed by atoms with Crippen molar-refractivity contribution in [2.45, 2.75) is 38.8 Å². The number of urea groups is 1. The van der Waals surface area contributed by atoms with Crippen LogP contribution in [0.2, 0.25) is 5.15 Å². The van der Waals surface area contributed by atoms with Crippen LogP contribution in [0, 0.1) is 6.92 Å². The van der Waals surface area contributed by atoms with Gasteiger partial charge in [0.15, 0.2) is 5.65 Å². The van der Waals surface area contributed by atoms with Gasteiger partial charge in [0, 0.05) is 81.4 Å². The van der Waals surface area contributed by atoms with Crippen LogP contribution in [-0.4, -0.2) is 72.1 Å². The van der Waals surface area contributed by atoms with Crippen LogP contribution in [0.25, 0.3) is 33.1 Å². The Hall–Kier alpha value is -4.38. The Bertz CT molecular complexity index is 1910. The number of nitrogens with zero attached hydrogens (tertiary/aromatic N) is 8. The summed E-state index contributed by atoms with van der Waals surface area (Å²) in [5.41, 5.74) is 4.93. The third-order valence-corrected chi connectivity index (χ3v) is 8.53. The largest absolute Gasteiger partial charge is 0.377 e. The van der Waals surface area contributed by atoms with E-state index < -0.39 is 0 Å². The summed E-state index contributed by atoms with van der Waals surface area (Å²) in [5.74, 6) is 0. The molecule has 12 heteroatoms. The van der Waals surface area contributed by atoms with Crippen LogP contribution in [0.4, 0.5) is 10.5 Å². The van der Waals surface area contributed by atoms with Crippen LogP contribution in [0.5, 0.6) is 0 Å². The first-order chi connectivity index (χ1) is 20.5. The lowest BCUT2D eigenvalue weighted by Crippen LogP contribution is -2.44. The number of pyridine rings is 2. The number of piperidine rings is 1. The van der Waals surface area contributed by atoms with Gasteiger partial charge < -0.3 is 15.1 Å². The summed E-state index contributed by atoms with van der Waals surface area (Å²) in [4.78, 5) is 34.2. The summed E-state index contributed by atoms with van der Waals surface area (Å²) < 4.78 is 5.36. The molecule has 1 aromatic carbocycles. The number of rotatable bonds is 5. The van der Waals surface area contributed by atoms with Gasteiger partial charge >= 0.3 is 6.03 Å². The van der Waals surface area contributed by atoms with Crippen molar-refractivity contribution in [1.29, 1.82) is 0 Å². The summed E-state index contributed by atoms with van der Waals surface area (Å²) in [5, 5.41) is 15.7. The first-order valence-corrected chi connectivity index (χ1v) is 14.8. The van der Waals surface area contributed by atoms with E-state index in [4.69, 9.17) is 16.7 Å². The molecule has 6 rings (SSSR count). The highest BCUT2D eigenvalue weighted by molar-refractivity contribution is 6.29. The van der Waals surface area contributed by atoms with Crippen molar-refractivity contribution in [2.24, 2.45) is 14.1 Å². The van der Waals surface area contributed by atoms with Crippen molar-refractivity contribution in [2.75, 3.05) is 32.5 Å². The Morgan fingerprint density at radius 1 is 1.12 bits per heavy atom. The molecule has 0 bridgehead atoms. The normalized spacial score (nSPS) is 14.9. The maximum atomic E-state index is 13.7. The standard InChI is InChI=1S/C31H36ClN9O2/c1-18-13-22(19(2)34-25-7-8-26(32)35-28(25)20-15-33-38(5)16-20)27-23(14-18)30(42)39(6)29-24(27)17-41(36-29)21-9-11-40(12-10-21)31(43)37(3)4/h7-8,13-17,19,21,34H,9-12H2,1-6H3. The second kappa shape index (κ2) is 11.0. The zero-order chi connectivity index (χ0) is 30.6. The van der Waals surface area contributed by atoms with E-state index >= 15 is 0 Å². The molecule has 224 valence electrons. The molecule has 1 atom stereocenters. The molecular weight excluding hydrogens is 566 g/mol. The summed E-state index contributed by atoms with van der Waals surface area (Å²) in [7, 11) is 7.20. The number of amides is 2. The zero-order valence-corrected chi connectivity index (χ0v) is 26.1. The first-order valence-electron chi connectivity index (χ1n) is 14.4. The van der Waals surface area contributed by atoms with Crippen LogP contribution < -0.4 is 10.9 Å². The third-order valence-electron chi connectivity index (χ3n) is 8.32. The van der Waals surface area contributed by atoms with Crippen LogP contribution in [-0.2, 0) is 14.1 Å². The highest BCUT2D eigenvalue weighted by Crippen LogP contribution is 2.36. The van der Waals surface area contributed by atoms with E-state index in [1.54, 1.807) is 47.6 Å². The Morgan fingerprint density at radius 3 is 2.53 bits per heavy atom. The fraction of sp³-hybridized carbons (Fsp3) is 0.387. The minimum atomic E-state index is -0.181. The quantitative estimate of drug-likeness (QED) is 0.280. The third kappa shape index (κ3) is 5.22. The van der Waals surface area contributed by atoms with E-state index in [1.807, 2.05) is 41.9 Å². The zero-order valence-electron chi connectivity index (χ0n) is 25.3. The molecule has 1 fully saturated rings. The lowest BCUT2D eigenvalue weighted by molar-refractivity contribution is 0.146. The molecule has 0 radical (unpaired) electrons. The number of carbonyl (C=O) groups is 1. The van der Waals surface area contributed by atoms with Crippen molar-refractivity contribution < 1.29 is 4.79 Å². The Morgan fingerprint density at radius 2 is 1.86 bits per heavy atom. The Kier molecular flexibility index (Phi) is 7.37. The van der Waals surface area contributed by atoms with Gasteiger partial charge in [-0.2, -0.15) is 10.2 Å². The molecule has 1 unspecified atom stereocenters. The summed E-state index contributed by atoms with van der Waals surface area (Å²) in [6, 6.07) is 7.76. The van der Waals surface area contributed by atoms with Gasteiger partial charge in [-0.1, -0.05) is 17.7 Å². The number of aromatic nitrogens is 6. The molecule has 0 aliphatic carbocycles. The van der Waals surface area contributed by atoms with Crippen molar-refractivity contribution in [3.8, 4) is 11.3 Å². The van der Waals surface area contributed by atoms with E-state index in [-0.39, 0.29) is 23.7 Å². The van der Waals surface area contributed by atoms with E-state index in [9.17, 15) is 9.59 Å². The molecule has 43 heavy (non-hydrogen) atoms. The summed E-state index contributed by atoms with van der Waals surface area (Å²) in [6.07, 6.45) is 7.33. The lowest BCUT2D eigenvalue weighted by Gasteiger charge is -2.33. The van der Waals surface area contributed by atoms with Gasteiger partial charge in [0.25, 0.3) is 5.56 Å². The number of hydrogen-bond donors (Lipinski definition) is 1. The van der Waals surface area contributed by atoms with Crippen molar-refractivity contribution in [3.05, 3.63) is 69.5 Å². The molecule has 0 saturated carbocycles. The highest BCUT2D eigenvalue weighted by Gasteiger charge is 2.27. The number of hydrogen-bond acceptors (Lipinski definition) is 6. The molecule has 5 heterocycles. The molecular formula is C31H36ClN9O2. The number of aryl methyl sites for hydroxylation is 3. The fourth-order valence-corrected chi connectivity index (χ4v) is 6.27. The number of likely N-dealkylation sites (tertiary alicyclic amines) is 1. The fourth-order valence-electron chi connectivity index (χ4n) is 6.13. The minimum Gasteiger partial charge on any atom is -0.377 e. The van der Waals surface area contributed by atoms with Crippen LogP contribution in [0.15, 0.2) is 47.7 Å². The highest BCUT2D eigenvalue weighted by atomic mass is 35.5.